The molecule has 1 heterocycles. The van der Waals surface area contributed by atoms with Gasteiger partial charge in [-0.15, -0.1) is 0 Å². The van der Waals surface area contributed by atoms with Crippen LogP contribution in [-0.2, 0) is 14.8 Å². The van der Waals surface area contributed by atoms with Crippen molar-refractivity contribution in [3.8, 4) is 0 Å². The highest BCUT2D eigenvalue weighted by Gasteiger charge is 2.17. The van der Waals surface area contributed by atoms with Crippen LogP contribution < -0.4 is 4.72 Å². The summed E-state index contributed by atoms with van der Waals surface area (Å²) < 4.78 is 33.0. The highest BCUT2D eigenvalue weighted by atomic mass is 32.2. The van der Waals surface area contributed by atoms with E-state index in [-0.39, 0.29) is 16.1 Å². The molecule has 0 unspecified atom stereocenters. The molecule has 0 aliphatic carbocycles. The lowest BCUT2D eigenvalue weighted by atomic mass is 10.2. The molecule has 130 valence electrons. The minimum absolute atomic E-state index is 0.162. The number of aromatic nitrogens is 1. The first-order valence-electron chi connectivity index (χ1n) is 7.54. The molecule has 1 N–H and O–H groups in total. The average molecular weight is 376 g/mol. The van der Waals surface area contributed by atoms with E-state index in [2.05, 4.69) is 9.71 Å². The predicted octanol–water partition coefficient (Wildman–Crippen LogP) is 3.66. The van der Waals surface area contributed by atoms with E-state index < -0.39 is 16.0 Å². The molecule has 2 aromatic carbocycles. The van der Waals surface area contributed by atoms with E-state index in [1.54, 1.807) is 50.2 Å². The Labute approximate surface area is 149 Å². The Hall–Kier alpha value is -2.45. The fourth-order valence-corrected chi connectivity index (χ4v) is 4.31. The Morgan fingerprint density at radius 1 is 1.16 bits per heavy atom. The SMILES string of the molecule is CC(C)OC(=O)c1ccc2nc(NS(=O)(=O)c3ccccc3)sc2c1. The molecule has 3 aromatic rings. The fraction of sp³-hybridized carbons (Fsp3) is 0.176. The maximum atomic E-state index is 12.4. The Bertz CT molecular complexity index is 1010. The second-order valence-electron chi connectivity index (χ2n) is 5.57. The van der Waals surface area contributed by atoms with Crippen molar-refractivity contribution in [3.63, 3.8) is 0 Å². The summed E-state index contributed by atoms with van der Waals surface area (Å²) in [4.78, 5) is 16.4. The molecule has 3 rings (SSSR count). The number of sulfonamides is 1. The molecule has 6 nitrogen and oxygen atoms in total. The lowest BCUT2D eigenvalue weighted by Crippen LogP contribution is -2.12. The van der Waals surface area contributed by atoms with Crippen LogP contribution in [0.5, 0.6) is 0 Å². The largest absolute Gasteiger partial charge is 0.459 e. The summed E-state index contributed by atoms with van der Waals surface area (Å²) in [5.74, 6) is -0.420. The van der Waals surface area contributed by atoms with Crippen molar-refractivity contribution >= 4 is 42.7 Å². The van der Waals surface area contributed by atoms with Crippen LogP contribution in [0.25, 0.3) is 10.2 Å². The first kappa shape index (κ1) is 17.4. The number of carbonyl (C=O) groups is 1. The van der Waals surface area contributed by atoms with E-state index in [0.717, 1.165) is 11.3 Å². The van der Waals surface area contributed by atoms with E-state index in [4.69, 9.17) is 4.74 Å². The molecular formula is C17H16N2O4S2. The number of benzene rings is 2. The van der Waals surface area contributed by atoms with Crippen LogP contribution >= 0.6 is 11.3 Å². The average Bonchev–Trinajstić information content (AvgIpc) is 2.95. The monoisotopic (exact) mass is 376 g/mol. The van der Waals surface area contributed by atoms with Gasteiger partial charge in [-0.2, -0.15) is 0 Å². The summed E-state index contributed by atoms with van der Waals surface area (Å²) in [6.07, 6.45) is -0.210. The molecule has 0 saturated heterocycles. The normalized spacial score (nSPS) is 11.6. The Kier molecular flexibility index (Phi) is 4.73. The van der Waals surface area contributed by atoms with E-state index in [0.29, 0.717) is 15.8 Å². The van der Waals surface area contributed by atoms with Gasteiger partial charge >= 0.3 is 5.97 Å². The number of hydrogen-bond donors (Lipinski definition) is 1. The zero-order chi connectivity index (χ0) is 18.0. The molecule has 0 spiro atoms. The van der Waals surface area contributed by atoms with Crippen molar-refractivity contribution in [2.75, 3.05) is 4.72 Å². The number of carbonyl (C=O) groups excluding carboxylic acids is 1. The zero-order valence-corrected chi connectivity index (χ0v) is 15.2. The van der Waals surface area contributed by atoms with Crippen molar-refractivity contribution in [1.82, 2.24) is 4.98 Å². The third-order valence-corrected chi connectivity index (χ3v) is 5.66. The van der Waals surface area contributed by atoms with Gasteiger partial charge in [-0.05, 0) is 44.2 Å². The van der Waals surface area contributed by atoms with E-state index in [1.165, 1.54) is 12.1 Å². The van der Waals surface area contributed by atoms with Crippen LogP contribution in [0.3, 0.4) is 0 Å². The Balaban J connectivity index is 1.88. The van der Waals surface area contributed by atoms with Gasteiger partial charge in [0.15, 0.2) is 5.13 Å². The molecule has 8 heteroatoms. The van der Waals surface area contributed by atoms with Gasteiger partial charge in [0, 0.05) is 0 Å². The van der Waals surface area contributed by atoms with Crippen molar-refractivity contribution < 1.29 is 17.9 Å². The number of fused-ring (bicyclic) bond motifs is 1. The van der Waals surface area contributed by atoms with Crippen LogP contribution in [0.2, 0.25) is 0 Å². The molecule has 25 heavy (non-hydrogen) atoms. The van der Waals surface area contributed by atoms with Gasteiger partial charge in [0.05, 0.1) is 26.8 Å². The van der Waals surface area contributed by atoms with Gasteiger partial charge in [-0.3, -0.25) is 4.72 Å². The summed E-state index contributed by atoms with van der Waals surface area (Å²) in [7, 11) is -3.70. The standard InChI is InChI=1S/C17H16N2O4S2/c1-11(2)23-16(20)12-8-9-14-15(10-12)24-17(18-14)19-25(21,22)13-6-4-3-5-7-13/h3-11H,1-2H3,(H,18,19). The zero-order valence-electron chi connectivity index (χ0n) is 13.6. The lowest BCUT2D eigenvalue weighted by molar-refractivity contribution is 0.0378. The smallest absolute Gasteiger partial charge is 0.338 e. The Morgan fingerprint density at radius 2 is 1.88 bits per heavy atom. The fourth-order valence-electron chi connectivity index (χ4n) is 2.15. The topological polar surface area (TPSA) is 85.4 Å². The van der Waals surface area contributed by atoms with E-state index in [1.807, 2.05) is 0 Å². The van der Waals surface area contributed by atoms with Crippen LogP contribution in [0.1, 0.15) is 24.2 Å². The molecule has 1 aromatic heterocycles. The highest BCUT2D eigenvalue weighted by molar-refractivity contribution is 7.93. The number of nitrogens with zero attached hydrogens (tertiary/aromatic N) is 1. The van der Waals surface area contributed by atoms with Crippen LogP contribution in [-0.4, -0.2) is 25.5 Å². The number of ether oxygens (including phenoxy) is 1. The quantitative estimate of drug-likeness (QED) is 0.687. The summed E-state index contributed by atoms with van der Waals surface area (Å²) in [6, 6.07) is 13.0. The Morgan fingerprint density at radius 3 is 2.56 bits per heavy atom. The molecular weight excluding hydrogens is 360 g/mol. The second-order valence-corrected chi connectivity index (χ2v) is 8.29. The van der Waals surface area contributed by atoms with Gasteiger partial charge < -0.3 is 4.74 Å². The lowest BCUT2D eigenvalue weighted by Gasteiger charge is -2.07. The van der Waals surface area contributed by atoms with Crippen LogP contribution in [0, 0.1) is 0 Å². The minimum Gasteiger partial charge on any atom is -0.459 e. The van der Waals surface area contributed by atoms with Crippen molar-refractivity contribution in [2.24, 2.45) is 0 Å². The first-order valence-corrected chi connectivity index (χ1v) is 9.84. The maximum absolute atomic E-state index is 12.4. The summed E-state index contributed by atoms with van der Waals surface area (Å²) >= 11 is 1.16. The molecule has 0 fully saturated rings. The predicted molar refractivity (Wildman–Crippen MR) is 97.4 cm³/mol. The summed E-state index contributed by atoms with van der Waals surface area (Å²) in [5, 5.41) is 0.244. The van der Waals surface area contributed by atoms with E-state index in [9.17, 15) is 13.2 Å². The highest BCUT2D eigenvalue weighted by Crippen LogP contribution is 2.28. The van der Waals surface area contributed by atoms with Gasteiger partial charge in [0.1, 0.15) is 0 Å². The van der Waals surface area contributed by atoms with Gasteiger partial charge in [0.25, 0.3) is 10.0 Å². The third-order valence-electron chi connectivity index (χ3n) is 3.24. The van der Waals surface area contributed by atoms with Crippen LogP contribution in [0.15, 0.2) is 53.4 Å². The second kappa shape index (κ2) is 6.81. The number of anilines is 1. The first-order chi connectivity index (χ1) is 11.8. The van der Waals surface area contributed by atoms with E-state index >= 15 is 0 Å². The number of rotatable bonds is 5. The number of thiazole rings is 1. The molecule has 0 radical (unpaired) electrons. The van der Waals surface area contributed by atoms with Crippen molar-refractivity contribution in [2.45, 2.75) is 24.8 Å². The molecule has 0 bridgehead atoms. The summed E-state index contributed by atoms with van der Waals surface area (Å²) in [6.45, 7) is 3.55. The van der Waals surface area contributed by atoms with Crippen LogP contribution in [0.4, 0.5) is 5.13 Å². The van der Waals surface area contributed by atoms with Crippen molar-refractivity contribution in [1.29, 1.82) is 0 Å². The van der Waals surface area contributed by atoms with Gasteiger partial charge in [-0.25, -0.2) is 18.2 Å². The maximum Gasteiger partial charge on any atom is 0.338 e. The molecule has 0 atom stereocenters. The molecule has 0 aliphatic rings. The third kappa shape index (κ3) is 3.97. The molecule has 0 aliphatic heterocycles. The number of esters is 1. The number of nitrogens with one attached hydrogen (secondary N) is 1. The van der Waals surface area contributed by atoms with Gasteiger partial charge in [-0.1, -0.05) is 29.5 Å². The van der Waals surface area contributed by atoms with Gasteiger partial charge in [0.2, 0.25) is 0 Å². The summed E-state index contributed by atoms with van der Waals surface area (Å²) in [5.41, 5.74) is 1.01. The molecule has 0 saturated carbocycles. The minimum atomic E-state index is -3.70. The van der Waals surface area contributed by atoms with Crippen molar-refractivity contribution in [3.05, 3.63) is 54.1 Å². The molecule has 0 amide bonds. The number of hydrogen-bond acceptors (Lipinski definition) is 6.